The maximum absolute atomic E-state index is 6.65. The molecule has 0 aliphatic carbocycles. The van der Waals surface area contributed by atoms with Crippen LogP contribution in [-0.2, 0) is 0 Å². The standard InChI is InChI=1S/C34H27BN2O/c1-20-16-22(3)32-30(18-20)38-31-19-21(2)17-23(4)33(31)37(32)35-26-12-6-8-15-29(26)36-28-14-7-5-10-24(28)25-11-9-13-27(35)34(25)36/h5-19H,1-4H3. The average molecular weight is 490 g/mol. The lowest BCUT2D eigenvalue weighted by Crippen LogP contribution is -2.59. The van der Waals surface area contributed by atoms with Crippen molar-refractivity contribution in [2.45, 2.75) is 27.7 Å². The van der Waals surface area contributed by atoms with Crippen molar-refractivity contribution in [3.8, 4) is 17.2 Å². The van der Waals surface area contributed by atoms with Crippen molar-refractivity contribution in [1.29, 1.82) is 0 Å². The predicted octanol–water partition coefficient (Wildman–Crippen LogP) is 7.38. The van der Waals surface area contributed by atoms with Crippen molar-refractivity contribution in [1.82, 2.24) is 4.57 Å². The molecular formula is C34H27BN2O. The Morgan fingerprint density at radius 3 is 1.95 bits per heavy atom. The molecule has 0 saturated carbocycles. The minimum atomic E-state index is -0.00377. The Bertz CT molecular complexity index is 1910. The van der Waals surface area contributed by atoms with Crippen LogP contribution in [0.3, 0.4) is 0 Å². The van der Waals surface area contributed by atoms with Crippen LogP contribution < -0.4 is 20.5 Å². The summed E-state index contributed by atoms with van der Waals surface area (Å²) in [7, 11) is 0. The first-order chi connectivity index (χ1) is 18.5. The molecule has 0 atom stereocenters. The minimum Gasteiger partial charge on any atom is -0.453 e. The highest BCUT2D eigenvalue weighted by Crippen LogP contribution is 2.51. The number of para-hydroxylation sites is 3. The van der Waals surface area contributed by atoms with E-state index in [1.165, 1.54) is 60.7 Å². The van der Waals surface area contributed by atoms with Gasteiger partial charge in [-0.1, -0.05) is 66.7 Å². The third kappa shape index (κ3) is 2.75. The molecule has 3 nitrogen and oxygen atoms in total. The zero-order chi connectivity index (χ0) is 25.7. The topological polar surface area (TPSA) is 17.4 Å². The number of benzene rings is 5. The summed E-state index contributed by atoms with van der Waals surface area (Å²) in [6.45, 7) is 8.71. The van der Waals surface area contributed by atoms with E-state index in [0.29, 0.717) is 0 Å². The fraction of sp³-hybridized carbons (Fsp3) is 0.118. The Kier molecular flexibility index (Phi) is 4.30. The van der Waals surface area contributed by atoms with E-state index in [4.69, 9.17) is 4.74 Å². The normalized spacial score (nSPS) is 13.4. The summed E-state index contributed by atoms with van der Waals surface area (Å²) in [4.78, 5) is 2.56. The smallest absolute Gasteiger partial charge is 0.332 e. The van der Waals surface area contributed by atoms with E-state index in [9.17, 15) is 0 Å². The second kappa shape index (κ2) is 7.55. The molecule has 8 rings (SSSR count). The molecule has 0 bridgehead atoms. The molecule has 0 N–H and O–H groups in total. The summed E-state index contributed by atoms with van der Waals surface area (Å²) >= 11 is 0. The summed E-state index contributed by atoms with van der Waals surface area (Å²) < 4.78 is 9.12. The number of hydrogen-bond acceptors (Lipinski definition) is 2. The lowest BCUT2D eigenvalue weighted by Gasteiger charge is -2.42. The molecule has 0 fully saturated rings. The maximum Gasteiger partial charge on any atom is 0.332 e. The highest BCUT2D eigenvalue weighted by molar-refractivity contribution is 6.92. The molecule has 0 amide bonds. The highest BCUT2D eigenvalue weighted by atomic mass is 16.5. The van der Waals surface area contributed by atoms with Crippen LogP contribution in [-0.4, -0.2) is 11.4 Å². The van der Waals surface area contributed by atoms with Crippen molar-refractivity contribution >= 4 is 51.0 Å². The van der Waals surface area contributed by atoms with Crippen molar-refractivity contribution in [2.24, 2.45) is 0 Å². The number of aromatic nitrogens is 1. The summed E-state index contributed by atoms with van der Waals surface area (Å²) in [5.41, 5.74) is 13.6. The average Bonchev–Trinajstić information content (AvgIpc) is 3.24. The van der Waals surface area contributed by atoms with Gasteiger partial charge in [-0.15, -0.1) is 0 Å². The number of anilines is 2. The van der Waals surface area contributed by atoms with Crippen LogP contribution in [0.5, 0.6) is 11.5 Å². The second-order valence-electron chi connectivity index (χ2n) is 10.9. The molecule has 0 saturated heterocycles. The number of hydrogen-bond donors (Lipinski definition) is 0. The zero-order valence-electron chi connectivity index (χ0n) is 22.0. The molecular weight excluding hydrogens is 463 g/mol. The Morgan fingerprint density at radius 2 is 1.21 bits per heavy atom. The third-order valence-corrected chi connectivity index (χ3v) is 8.27. The molecule has 5 aromatic carbocycles. The van der Waals surface area contributed by atoms with Crippen LogP contribution in [0.15, 0.2) is 91.0 Å². The molecule has 0 spiro atoms. The van der Waals surface area contributed by atoms with Crippen molar-refractivity contribution < 1.29 is 4.74 Å². The van der Waals surface area contributed by atoms with Gasteiger partial charge >= 0.3 is 6.85 Å². The van der Waals surface area contributed by atoms with Gasteiger partial charge in [-0.05, 0) is 85.1 Å². The molecule has 1 aromatic heterocycles. The van der Waals surface area contributed by atoms with Gasteiger partial charge in [-0.3, -0.25) is 0 Å². The van der Waals surface area contributed by atoms with Crippen LogP contribution in [0.4, 0.5) is 11.4 Å². The lowest BCUT2D eigenvalue weighted by atomic mass is 9.46. The lowest BCUT2D eigenvalue weighted by molar-refractivity contribution is 0.476. The minimum absolute atomic E-state index is 0.00377. The van der Waals surface area contributed by atoms with E-state index in [0.717, 1.165) is 22.9 Å². The molecule has 38 heavy (non-hydrogen) atoms. The molecule has 3 heterocycles. The van der Waals surface area contributed by atoms with E-state index >= 15 is 0 Å². The summed E-state index contributed by atoms with van der Waals surface area (Å²) in [5, 5.41) is 2.59. The van der Waals surface area contributed by atoms with E-state index in [2.05, 4.69) is 128 Å². The number of rotatable bonds is 1. The fourth-order valence-electron chi connectivity index (χ4n) is 6.99. The SMILES string of the molecule is Cc1cc(C)c2c(c1)Oc1cc(C)cc(C)c1N2B1c2ccccc2-n2c3ccccc3c3cccc1c32. The largest absolute Gasteiger partial charge is 0.453 e. The number of nitrogens with zero attached hydrogens (tertiary/aromatic N) is 2. The zero-order valence-corrected chi connectivity index (χ0v) is 22.0. The Morgan fingerprint density at radius 1 is 0.605 bits per heavy atom. The maximum atomic E-state index is 6.65. The third-order valence-electron chi connectivity index (χ3n) is 8.27. The van der Waals surface area contributed by atoms with E-state index in [1.54, 1.807) is 0 Å². The molecule has 2 aliphatic rings. The Hall–Kier alpha value is -4.44. The predicted molar refractivity (Wildman–Crippen MR) is 160 cm³/mol. The first kappa shape index (κ1) is 21.6. The second-order valence-corrected chi connectivity index (χ2v) is 10.9. The van der Waals surface area contributed by atoms with Crippen LogP contribution in [0.1, 0.15) is 22.3 Å². The number of fused-ring (bicyclic) bond motifs is 7. The summed E-state index contributed by atoms with van der Waals surface area (Å²) in [5.74, 6) is 1.85. The van der Waals surface area contributed by atoms with E-state index < -0.39 is 0 Å². The molecule has 2 aliphatic heterocycles. The van der Waals surface area contributed by atoms with Crippen LogP contribution >= 0.6 is 0 Å². The van der Waals surface area contributed by atoms with Gasteiger partial charge in [0.15, 0.2) is 11.5 Å². The first-order valence-corrected chi connectivity index (χ1v) is 13.3. The first-order valence-electron chi connectivity index (χ1n) is 13.3. The van der Waals surface area contributed by atoms with E-state index in [-0.39, 0.29) is 6.85 Å². The van der Waals surface area contributed by atoms with Gasteiger partial charge in [-0.2, -0.15) is 0 Å². The summed E-state index contributed by atoms with van der Waals surface area (Å²) in [6.07, 6.45) is 0. The van der Waals surface area contributed by atoms with Gasteiger partial charge in [0.2, 0.25) is 0 Å². The van der Waals surface area contributed by atoms with Crippen LogP contribution in [0.25, 0.3) is 27.5 Å². The van der Waals surface area contributed by atoms with E-state index in [1.807, 2.05) is 0 Å². The monoisotopic (exact) mass is 490 g/mol. The van der Waals surface area contributed by atoms with Gasteiger partial charge in [0.05, 0.1) is 22.4 Å². The quantitative estimate of drug-likeness (QED) is 0.224. The molecule has 182 valence electrons. The Labute approximate surface area is 223 Å². The molecule has 6 aromatic rings. The fourth-order valence-corrected chi connectivity index (χ4v) is 6.99. The molecule has 0 radical (unpaired) electrons. The van der Waals surface area contributed by atoms with Crippen molar-refractivity contribution in [2.75, 3.05) is 4.81 Å². The van der Waals surface area contributed by atoms with Gasteiger partial charge in [0.25, 0.3) is 0 Å². The molecule has 0 unspecified atom stereocenters. The van der Waals surface area contributed by atoms with Gasteiger partial charge in [0, 0.05) is 16.5 Å². The highest BCUT2D eigenvalue weighted by Gasteiger charge is 2.42. The van der Waals surface area contributed by atoms with Crippen molar-refractivity contribution in [3.05, 3.63) is 113 Å². The van der Waals surface area contributed by atoms with Gasteiger partial charge in [-0.25, -0.2) is 0 Å². The van der Waals surface area contributed by atoms with Gasteiger partial charge in [0.1, 0.15) is 0 Å². The van der Waals surface area contributed by atoms with Crippen LogP contribution in [0.2, 0.25) is 0 Å². The van der Waals surface area contributed by atoms with Crippen molar-refractivity contribution in [3.63, 3.8) is 0 Å². The number of ether oxygens (including phenoxy) is 1. The number of aryl methyl sites for hydroxylation is 4. The van der Waals surface area contributed by atoms with Gasteiger partial charge < -0.3 is 14.1 Å². The Balaban J connectivity index is 1.54. The molecule has 4 heteroatoms. The van der Waals surface area contributed by atoms with Crippen LogP contribution in [0, 0.1) is 27.7 Å². The summed E-state index contributed by atoms with van der Waals surface area (Å²) in [6, 6.07) is 33.4.